The van der Waals surface area contributed by atoms with E-state index in [1.165, 1.54) is 0 Å². The van der Waals surface area contributed by atoms with Crippen molar-refractivity contribution in [3.63, 3.8) is 0 Å². The van der Waals surface area contributed by atoms with Gasteiger partial charge in [-0.3, -0.25) is 0 Å². The summed E-state index contributed by atoms with van der Waals surface area (Å²) >= 11 is 0. The number of rotatable bonds is 1. The minimum Gasteiger partial charge on any atom is -0.330 e. The summed E-state index contributed by atoms with van der Waals surface area (Å²) in [5, 5.41) is 7.75. The molecule has 1 saturated carbocycles. The molecular weight excluding hydrogens is 148 g/mol. The Kier molecular flexibility index (Phi) is 2.30. The van der Waals surface area contributed by atoms with Crippen molar-refractivity contribution < 1.29 is 0 Å². The zero-order valence-corrected chi connectivity index (χ0v) is 8.41. The average molecular weight is 168 g/mol. The van der Waals surface area contributed by atoms with Crippen molar-refractivity contribution in [2.75, 3.05) is 6.54 Å². The van der Waals surface area contributed by atoms with Gasteiger partial charge in [0.25, 0.3) is 0 Å². The Morgan fingerprint density at radius 2 is 1.92 bits per heavy atom. The number of nitrogens with one attached hydrogen (secondary N) is 1. The van der Waals surface area contributed by atoms with Crippen molar-refractivity contribution in [2.45, 2.75) is 40.0 Å². The van der Waals surface area contributed by atoms with Crippen molar-refractivity contribution >= 4 is 5.71 Å². The number of nitrogens with two attached hydrogens (primary N) is 1. The zero-order valence-electron chi connectivity index (χ0n) is 8.41. The Morgan fingerprint density at radius 1 is 1.33 bits per heavy atom. The van der Waals surface area contributed by atoms with Crippen LogP contribution in [-0.2, 0) is 0 Å². The maximum atomic E-state index is 7.75. The van der Waals surface area contributed by atoms with Crippen molar-refractivity contribution in [1.29, 1.82) is 5.41 Å². The van der Waals surface area contributed by atoms with Crippen LogP contribution in [0.2, 0.25) is 0 Å². The second-order valence-corrected chi connectivity index (χ2v) is 5.31. The first-order valence-corrected chi connectivity index (χ1v) is 4.63. The third kappa shape index (κ3) is 2.07. The van der Waals surface area contributed by atoms with E-state index in [9.17, 15) is 0 Å². The van der Waals surface area contributed by atoms with Gasteiger partial charge in [-0.1, -0.05) is 20.8 Å². The SMILES string of the molecule is CC1(C)CC(=N)CC(C)(CN)C1. The first kappa shape index (κ1) is 9.72. The highest BCUT2D eigenvalue weighted by molar-refractivity contribution is 5.83. The molecular formula is C10H20N2. The van der Waals surface area contributed by atoms with Crippen LogP contribution in [0.3, 0.4) is 0 Å². The van der Waals surface area contributed by atoms with Crippen LogP contribution in [0.15, 0.2) is 0 Å². The van der Waals surface area contributed by atoms with Gasteiger partial charge in [0.2, 0.25) is 0 Å². The second-order valence-electron chi connectivity index (χ2n) is 5.31. The standard InChI is InChI=1S/C10H20N2/c1-9(2)4-8(12)5-10(3,6-9)7-11/h12H,4-7,11H2,1-3H3. The Labute approximate surface area is 75.0 Å². The van der Waals surface area contributed by atoms with Gasteiger partial charge >= 0.3 is 0 Å². The van der Waals surface area contributed by atoms with Crippen molar-refractivity contribution in [1.82, 2.24) is 0 Å². The summed E-state index contributed by atoms with van der Waals surface area (Å²) in [6.07, 6.45) is 2.99. The predicted molar refractivity (Wildman–Crippen MR) is 52.5 cm³/mol. The molecule has 0 spiro atoms. The molecule has 1 fully saturated rings. The predicted octanol–water partition coefficient (Wildman–Crippen LogP) is 2.18. The van der Waals surface area contributed by atoms with Crippen LogP contribution in [0.1, 0.15) is 40.0 Å². The summed E-state index contributed by atoms with van der Waals surface area (Å²) in [5.41, 5.74) is 7.06. The van der Waals surface area contributed by atoms with Crippen LogP contribution >= 0.6 is 0 Å². The van der Waals surface area contributed by atoms with Crippen LogP contribution < -0.4 is 5.73 Å². The molecule has 1 atom stereocenters. The van der Waals surface area contributed by atoms with Crippen LogP contribution in [0.25, 0.3) is 0 Å². The summed E-state index contributed by atoms with van der Waals surface area (Å²) in [6.45, 7) is 7.37. The third-order valence-corrected chi connectivity index (χ3v) is 2.73. The first-order chi connectivity index (χ1) is 5.37. The fourth-order valence-electron chi connectivity index (χ4n) is 2.58. The summed E-state index contributed by atoms with van der Waals surface area (Å²) in [4.78, 5) is 0. The lowest BCUT2D eigenvalue weighted by Crippen LogP contribution is -2.40. The molecule has 2 nitrogen and oxygen atoms in total. The molecule has 2 heteroatoms. The van der Waals surface area contributed by atoms with Crippen molar-refractivity contribution in [3.05, 3.63) is 0 Å². The van der Waals surface area contributed by atoms with E-state index in [0.717, 1.165) is 25.0 Å². The minimum absolute atomic E-state index is 0.179. The number of hydrogen-bond donors (Lipinski definition) is 2. The van der Waals surface area contributed by atoms with Gasteiger partial charge in [-0.15, -0.1) is 0 Å². The highest BCUT2D eigenvalue weighted by Crippen LogP contribution is 2.43. The smallest absolute Gasteiger partial charge is 0.0100 e. The van der Waals surface area contributed by atoms with Gasteiger partial charge in [0.15, 0.2) is 0 Å². The molecule has 0 aromatic carbocycles. The van der Waals surface area contributed by atoms with Gasteiger partial charge in [-0.25, -0.2) is 0 Å². The molecule has 0 aromatic heterocycles. The lowest BCUT2D eigenvalue weighted by Gasteiger charge is -2.42. The topological polar surface area (TPSA) is 49.9 Å². The van der Waals surface area contributed by atoms with Gasteiger partial charge in [0.05, 0.1) is 0 Å². The van der Waals surface area contributed by atoms with E-state index in [1.807, 2.05) is 0 Å². The van der Waals surface area contributed by atoms with E-state index in [2.05, 4.69) is 20.8 Å². The Bertz CT molecular complexity index is 196. The van der Waals surface area contributed by atoms with Crippen LogP contribution in [0.4, 0.5) is 0 Å². The zero-order chi connectivity index (χ0) is 9.41. The average Bonchev–Trinajstić information content (AvgIpc) is 1.82. The Hall–Kier alpha value is -0.370. The molecule has 70 valence electrons. The quantitative estimate of drug-likeness (QED) is 0.619. The van der Waals surface area contributed by atoms with Gasteiger partial charge in [0.1, 0.15) is 0 Å². The second kappa shape index (κ2) is 2.84. The fraction of sp³-hybridized carbons (Fsp3) is 0.900. The molecule has 0 aromatic rings. The monoisotopic (exact) mass is 168 g/mol. The van der Waals surface area contributed by atoms with E-state index in [1.54, 1.807) is 0 Å². The molecule has 12 heavy (non-hydrogen) atoms. The largest absolute Gasteiger partial charge is 0.330 e. The Balaban J connectivity index is 2.76. The highest BCUT2D eigenvalue weighted by Gasteiger charge is 2.37. The van der Waals surface area contributed by atoms with Gasteiger partial charge in [0, 0.05) is 5.71 Å². The maximum Gasteiger partial charge on any atom is 0.0100 e. The molecule has 0 amide bonds. The lowest BCUT2D eigenvalue weighted by atomic mass is 9.64. The van der Waals surface area contributed by atoms with Crippen LogP contribution in [0, 0.1) is 16.2 Å². The first-order valence-electron chi connectivity index (χ1n) is 4.63. The lowest BCUT2D eigenvalue weighted by molar-refractivity contribution is 0.170. The van der Waals surface area contributed by atoms with E-state index in [-0.39, 0.29) is 10.8 Å². The highest BCUT2D eigenvalue weighted by atomic mass is 14.6. The molecule has 1 rings (SSSR count). The molecule has 1 aliphatic carbocycles. The third-order valence-electron chi connectivity index (χ3n) is 2.73. The van der Waals surface area contributed by atoms with E-state index < -0.39 is 0 Å². The van der Waals surface area contributed by atoms with Gasteiger partial charge < -0.3 is 11.1 Å². The summed E-state index contributed by atoms with van der Waals surface area (Å²) in [7, 11) is 0. The summed E-state index contributed by atoms with van der Waals surface area (Å²) in [5.74, 6) is 0. The van der Waals surface area contributed by atoms with Crippen LogP contribution in [-0.4, -0.2) is 12.3 Å². The molecule has 3 N–H and O–H groups in total. The molecule has 0 bridgehead atoms. The molecule has 1 unspecified atom stereocenters. The fourth-order valence-corrected chi connectivity index (χ4v) is 2.58. The molecule has 1 aliphatic rings. The molecule has 0 saturated heterocycles. The van der Waals surface area contributed by atoms with Crippen molar-refractivity contribution in [2.24, 2.45) is 16.6 Å². The molecule has 0 heterocycles. The van der Waals surface area contributed by atoms with Crippen LogP contribution in [0.5, 0.6) is 0 Å². The maximum absolute atomic E-state index is 7.75. The normalized spacial score (nSPS) is 35.2. The number of hydrogen-bond acceptors (Lipinski definition) is 2. The van der Waals surface area contributed by atoms with Gasteiger partial charge in [-0.05, 0) is 36.6 Å². The summed E-state index contributed by atoms with van der Waals surface area (Å²) in [6, 6.07) is 0. The van der Waals surface area contributed by atoms with E-state index >= 15 is 0 Å². The van der Waals surface area contributed by atoms with E-state index in [0.29, 0.717) is 6.54 Å². The van der Waals surface area contributed by atoms with E-state index in [4.69, 9.17) is 11.1 Å². The van der Waals surface area contributed by atoms with Gasteiger partial charge in [-0.2, -0.15) is 0 Å². The van der Waals surface area contributed by atoms with Crippen molar-refractivity contribution in [3.8, 4) is 0 Å². The molecule has 0 radical (unpaired) electrons. The summed E-state index contributed by atoms with van der Waals surface area (Å²) < 4.78 is 0. The Morgan fingerprint density at radius 3 is 2.33 bits per heavy atom. The molecule has 0 aliphatic heterocycles. The minimum atomic E-state index is 0.179.